The highest BCUT2D eigenvalue weighted by Crippen LogP contribution is 2.35. The van der Waals surface area contributed by atoms with Crippen molar-refractivity contribution in [1.29, 1.82) is 0 Å². The number of nitrogens with zero attached hydrogens (tertiary/aromatic N) is 4. The number of pyridine rings is 1. The molecule has 11 heteroatoms. The van der Waals surface area contributed by atoms with Crippen LogP contribution in [0.15, 0.2) is 30.7 Å². The van der Waals surface area contributed by atoms with Crippen molar-refractivity contribution in [2.75, 3.05) is 38.2 Å². The Kier molecular flexibility index (Phi) is 6.40. The Morgan fingerprint density at radius 3 is 2.80 bits per heavy atom. The number of nitrogens with one attached hydrogen (secondary N) is 2. The summed E-state index contributed by atoms with van der Waals surface area (Å²) in [6, 6.07) is 5.59. The second-order valence-corrected chi connectivity index (χ2v) is 7.90. The molecule has 0 radical (unpaired) electrons. The predicted molar refractivity (Wildman–Crippen MR) is 115 cm³/mol. The van der Waals surface area contributed by atoms with Crippen LogP contribution in [-0.2, 0) is 17.8 Å². The lowest BCUT2D eigenvalue weighted by Crippen LogP contribution is -2.44. The molecular formula is C19H20ClN6O3S-. The lowest BCUT2D eigenvalue weighted by atomic mass is 10.0. The summed E-state index contributed by atoms with van der Waals surface area (Å²) < 4.78 is 29.4. The fraction of sp³-hybridized carbons (Fsp3) is 0.316. The summed E-state index contributed by atoms with van der Waals surface area (Å²) >= 11 is 4.18. The van der Waals surface area contributed by atoms with Crippen LogP contribution in [0, 0.1) is 0 Å². The van der Waals surface area contributed by atoms with Crippen molar-refractivity contribution in [2.45, 2.75) is 6.54 Å². The molecule has 0 spiro atoms. The zero-order chi connectivity index (χ0) is 21.1. The van der Waals surface area contributed by atoms with E-state index in [-0.39, 0.29) is 6.54 Å². The zero-order valence-corrected chi connectivity index (χ0v) is 17.8. The van der Waals surface area contributed by atoms with Crippen LogP contribution in [0.2, 0.25) is 5.02 Å². The third-order valence-electron chi connectivity index (χ3n) is 4.93. The van der Waals surface area contributed by atoms with Crippen molar-refractivity contribution in [2.24, 2.45) is 0 Å². The average molecular weight is 448 g/mol. The van der Waals surface area contributed by atoms with E-state index in [2.05, 4.69) is 29.9 Å². The van der Waals surface area contributed by atoms with Crippen molar-refractivity contribution in [3.05, 3.63) is 41.3 Å². The minimum Gasteiger partial charge on any atom is -0.760 e. The number of piperazine rings is 1. The fourth-order valence-corrected chi connectivity index (χ4v) is 4.05. The second kappa shape index (κ2) is 9.19. The molecule has 0 amide bonds. The number of hydrogen-bond donors (Lipinski definition) is 2. The molecule has 1 aliphatic rings. The minimum absolute atomic E-state index is 0.0560. The first-order chi connectivity index (χ1) is 14.6. The van der Waals surface area contributed by atoms with Crippen LogP contribution in [0.4, 0.5) is 5.82 Å². The van der Waals surface area contributed by atoms with Gasteiger partial charge in [0, 0.05) is 72.3 Å². The summed E-state index contributed by atoms with van der Waals surface area (Å²) in [4.78, 5) is 15.4. The first-order valence-electron chi connectivity index (χ1n) is 9.33. The summed E-state index contributed by atoms with van der Waals surface area (Å²) in [6.45, 7) is 3.56. The summed E-state index contributed by atoms with van der Waals surface area (Å²) in [7, 11) is 1.49. The van der Waals surface area contributed by atoms with Gasteiger partial charge in [-0.2, -0.15) is 0 Å². The van der Waals surface area contributed by atoms with Crippen molar-refractivity contribution < 1.29 is 13.5 Å². The van der Waals surface area contributed by atoms with Gasteiger partial charge in [0.15, 0.2) is 0 Å². The number of anilines is 1. The third-order valence-corrected chi connectivity index (χ3v) is 5.62. The maximum absolute atomic E-state index is 10.9. The van der Waals surface area contributed by atoms with Gasteiger partial charge in [-0.15, -0.1) is 0 Å². The molecule has 1 saturated heterocycles. The first-order valence-corrected chi connectivity index (χ1v) is 10.8. The summed E-state index contributed by atoms with van der Waals surface area (Å²) in [5, 5.41) is 4.76. The second-order valence-electron chi connectivity index (χ2n) is 6.73. The normalized spacial score (nSPS) is 15.4. The molecule has 3 heterocycles. The Labute approximate surface area is 181 Å². The molecule has 0 saturated carbocycles. The number of hydrogen-bond acceptors (Lipinski definition) is 8. The van der Waals surface area contributed by atoms with E-state index in [0.717, 1.165) is 54.0 Å². The molecular weight excluding hydrogens is 428 g/mol. The molecule has 158 valence electrons. The molecule has 9 nitrogen and oxygen atoms in total. The lowest BCUT2D eigenvalue weighted by Gasteiger charge is -2.29. The molecule has 30 heavy (non-hydrogen) atoms. The number of methoxy groups -OCH3 is 1. The monoisotopic (exact) mass is 447 g/mol. The smallest absolute Gasteiger partial charge is 0.217 e. The molecule has 1 aliphatic heterocycles. The van der Waals surface area contributed by atoms with Gasteiger partial charge in [-0.25, -0.2) is 19.7 Å². The molecule has 1 aromatic carbocycles. The van der Waals surface area contributed by atoms with E-state index in [1.807, 2.05) is 18.2 Å². The molecule has 4 rings (SSSR count). The van der Waals surface area contributed by atoms with Gasteiger partial charge in [-0.3, -0.25) is 4.21 Å². The Morgan fingerprint density at radius 2 is 2.07 bits per heavy atom. The number of rotatable bonds is 6. The quantitative estimate of drug-likeness (QED) is 0.548. The van der Waals surface area contributed by atoms with Crippen LogP contribution in [0.1, 0.15) is 5.56 Å². The molecule has 0 aliphatic carbocycles. The van der Waals surface area contributed by atoms with Crippen LogP contribution in [0.5, 0.6) is 5.88 Å². The van der Waals surface area contributed by atoms with Crippen LogP contribution < -0.4 is 19.7 Å². The minimum atomic E-state index is -2.39. The Balaban J connectivity index is 1.79. The van der Waals surface area contributed by atoms with Crippen molar-refractivity contribution in [1.82, 2.24) is 25.0 Å². The summed E-state index contributed by atoms with van der Waals surface area (Å²) in [5.41, 5.74) is 2.86. The van der Waals surface area contributed by atoms with Gasteiger partial charge in [0.25, 0.3) is 0 Å². The standard InChI is InChI=1S/C19H21ClN6O3S/c1-29-19-13(10-25-30(27)28)6-12(9-22-19)14-7-15-17(8-16(14)20)23-11-24-18(15)26-4-2-21-3-5-26/h6-9,11,21,25H,2-5,10H2,1H3,(H,27,28)/p-1. The summed E-state index contributed by atoms with van der Waals surface area (Å²) in [5.74, 6) is 1.21. The van der Waals surface area contributed by atoms with Gasteiger partial charge in [-0.1, -0.05) is 11.6 Å². The Bertz CT molecular complexity index is 1090. The number of aromatic nitrogens is 3. The number of benzene rings is 1. The highest BCUT2D eigenvalue weighted by atomic mass is 35.5. The highest BCUT2D eigenvalue weighted by molar-refractivity contribution is 7.77. The van der Waals surface area contributed by atoms with Crippen LogP contribution in [0.3, 0.4) is 0 Å². The largest absolute Gasteiger partial charge is 0.760 e. The predicted octanol–water partition coefficient (Wildman–Crippen LogP) is 1.65. The van der Waals surface area contributed by atoms with Crippen molar-refractivity contribution in [3.8, 4) is 17.0 Å². The van der Waals surface area contributed by atoms with Crippen LogP contribution >= 0.6 is 11.6 Å². The van der Waals surface area contributed by atoms with Crippen LogP contribution in [-0.4, -0.2) is 57.0 Å². The van der Waals surface area contributed by atoms with E-state index in [9.17, 15) is 8.76 Å². The molecule has 3 aromatic rings. The first kappa shape index (κ1) is 20.9. The third kappa shape index (κ3) is 4.37. The van der Waals surface area contributed by atoms with Crippen molar-refractivity contribution >= 4 is 39.6 Å². The van der Waals surface area contributed by atoms with E-state index in [1.54, 1.807) is 12.5 Å². The topological polar surface area (TPSA) is 115 Å². The molecule has 1 atom stereocenters. The number of halogens is 1. The maximum Gasteiger partial charge on any atom is 0.217 e. The van der Waals surface area contributed by atoms with Crippen LogP contribution in [0.25, 0.3) is 22.0 Å². The molecule has 1 unspecified atom stereocenters. The Hall–Kier alpha value is -2.37. The molecule has 1 fully saturated rings. The van der Waals surface area contributed by atoms with Gasteiger partial charge in [-0.05, 0) is 18.2 Å². The number of fused-ring (bicyclic) bond motifs is 1. The number of ether oxygens (including phenoxy) is 1. The molecule has 2 aromatic heterocycles. The van der Waals surface area contributed by atoms with Gasteiger partial charge in [0.2, 0.25) is 5.88 Å². The molecule has 2 N–H and O–H groups in total. The maximum atomic E-state index is 10.9. The van der Waals surface area contributed by atoms with E-state index >= 15 is 0 Å². The Morgan fingerprint density at radius 1 is 1.27 bits per heavy atom. The summed E-state index contributed by atoms with van der Waals surface area (Å²) in [6.07, 6.45) is 3.20. The SMILES string of the molecule is COc1ncc(-c2cc3c(N4CCNCC4)ncnc3cc2Cl)cc1CNS(=O)[O-]. The average Bonchev–Trinajstić information content (AvgIpc) is 2.77. The zero-order valence-electron chi connectivity index (χ0n) is 16.2. The van der Waals surface area contributed by atoms with Crippen molar-refractivity contribution in [3.63, 3.8) is 0 Å². The lowest BCUT2D eigenvalue weighted by molar-refractivity contribution is 0.392. The van der Waals surface area contributed by atoms with E-state index in [4.69, 9.17) is 16.3 Å². The molecule has 0 bridgehead atoms. The fourth-order valence-electron chi connectivity index (χ4n) is 3.51. The highest BCUT2D eigenvalue weighted by Gasteiger charge is 2.18. The van der Waals surface area contributed by atoms with Gasteiger partial charge in [0.1, 0.15) is 12.1 Å². The van der Waals surface area contributed by atoms with E-state index in [0.29, 0.717) is 16.5 Å². The van der Waals surface area contributed by atoms with Gasteiger partial charge < -0.3 is 19.5 Å². The van der Waals surface area contributed by atoms with E-state index in [1.165, 1.54) is 7.11 Å². The van der Waals surface area contributed by atoms with Gasteiger partial charge in [0.05, 0.1) is 17.6 Å². The van der Waals surface area contributed by atoms with E-state index < -0.39 is 11.3 Å². The van der Waals surface area contributed by atoms with Gasteiger partial charge >= 0.3 is 0 Å².